The molecule has 100 valence electrons. The number of hydrogen-bond donors (Lipinski definition) is 1. The summed E-state index contributed by atoms with van der Waals surface area (Å²) in [5.74, 6) is 3.14. The largest absolute Gasteiger partial charge is 0.508 e. The monoisotopic (exact) mass is 272 g/mol. The highest BCUT2D eigenvalue weighted by Gasteiger charge is 2.04. The van der Waals surface area contributed by atoms with Crippen LogP contribution in [0.2, 0.25) is 0 Å². The maximum atomic E-state index is 9.22. The van der Waals surface area contributed by atoms with Gasteiger partial charge < -0.3 is 5.11 Å². The SMILES string of the molecule is CC(CCSCc1ccc(O)cc1)c1ccccc1. The van der Waals surface area contributed by atoms with Gasteiger partial charge in [0.2, 0.25) is 0 Å². The molecule has 1 N–H and O–H groups in total. The fourth-order valence-electron chi connectivity index (χ4n) is 1.99. The molecule has 2 heteroatoms. The highest BCUT2D eigenvalue weighted by atomic mass is 32.2. The molecule has 0 spiro atoms. The molecule has 0 saturated heterocycles. The van der Waals surface area contributed by atoms with Crippen LogP contribution in [0.3, 0.4) is 0 Å². The van der Waals surface area contributed by atoms with E-state index >= 15 is 0 Å². The van der Waals surface area contributed by atoms with Crippen molar-refractivity contribution in [3.05, 3.63) is 65.7 Å². The average molecular weight is 272 g/mol. The van der Waals surface area contributed by atoms with Crippen LogP contribution in [0.5, 0.6) is 5.75 Å². The van der Waals surface area contributed by atoms with E-state index in [0.717, 1.165) is 11.5 Å². The number of rotatable bonds is 6. The molecule has 0 aliphatic rings. The maximum Gasteiger partial charge on any atom is 0.115 e. The van der Waals surface area contributed by atoms with Gasteiger partial charge in [0.05, 0.1) is 0 Å². The van der Waals surface area contributed by atoms with Crippen molar-refractivity contribution in [1.29, 1.82) is 0 Å². The molecule has 0 aliphatic carbocycles. The molecule has 0 heterocycles. The van der Waals surface area contributed by atoms with Crippen LogP contribution in [0, 0.1) is 0 Å². The lowest BCUT2D eigenvalue weighted by atomic mass is 9.99. The molecule has 0 amide bonds. The van der Waals surface area contributed by atoms with Crippen molar-refractivity contribution in [3.63, 3.8) is 0 Å². The van der Waals surface area contributed by atoms with Crippen LogP contribution >= 0.6 is 11.8 Å². The third-order valence-corrected chi connectivity index (χ3v) is 4.33. The summed E-state index contributed by atoms with van der Waals surface area (Å²) in [6, 6.07) is 18.2. The molecule has 2 aromatic rings. The van der Waals surface area contributed by atoms with Crippen LogP contribution in [0.25, 0.3) is 0 Å². The van der Waals surface area contributed by atoms with Crippen LogP contribution < -0.4 is 0 Å². The Hall–Kier alpha value is -1.41. The number of aromatic hydroxyl groups is 1. The lowest BCUT2D eigenvalue weighted by molar-refractivity contribution is 0.475. The van der Waals surface area contributed by atoms with Gasteiger partial charge in [0, 0.05) is 5.75 Å². The Labute approximate surface area is 119 Å². The molecule has 1 unspecified atom stereocenters. The number of benzene rings is 2. The third kappa shape index (κ3) is 4.64. The minimum absolute atomic E-state index is 0.339. The number of phenolic OH excluding ortho intramolecular Hbond substituents is 1. The van der Waals surface area contributed by atoms with Crippen molar-refractivity contribution >= 4 is 11.8 Å². The Bertz CT molecular complexity index is 478. The predicted octanol–water partition coefficient (Wildman–Crippen LogP) is 4.82. The molecular weight excluding hydrogens is 252 g/mol. The van der Waals surface area contributed by atoms with E-state index in [1.165, 1.54) is 17.5 Å². The van der Waals surface area contributed by atoms with E-state index in [4.69, 9.17) is 0 Å². The lowest BCUT2D eigenvalue weighted by Crippen LogP contribution is -1.95. The van der Waals surface area contributed by atoms with Crippen LogP contribution in [-0.4, -0.2) is 10.9 Å². The molecule has 1 nitrogen and oxygen atoms in total. The van der Waals surface area contributed by atoms with Gasteiger partial charge >= 0.3 is 0 Å². The summed E-state index contributed by atoms with van der Waals surface area (Å²) in [6.45, 7) is 2.29. The first-order valence-corrected chi connectivity index (χ1v) is 7.82. The summed E-state index contributed by atoms with van der Waals surface area (Å²) in [6.07, 6.45) is 1.20. The summed E-state index contributed by atoms with van der Waals surface area (Å²) >= 11 is 1.95. The topological polar surface area (TPSA) is 20.2 Å². The van der Waals surface area contributed by atoms with Crippen LogP contribution in [-0.2, 0) is 5.75 Å². The van der Waals surface area contributed by atoms with E-state index < -0.39 is 0 Å². The molecule has 2 aromatic carbocycles. The molecule has 0 bridgehead atoms. The van der Waals surface area contributed by atoms with Crippen molar-refractivity contribution in [1.82, 2.24) is 0 Å². The highest BCUT2D eigenvalue weighted by Crippen LogP contribution is 2.23. The van der Waals surface area contributed by atoms with E-state index in [2.05, 4.69) is 37.3 Å². The van der Waals surface area contributed by atoms with Crippen LogP contribution in [0.4, 0.5) is 0 Å². The standard InChI is InChI=1S/C17H20OS/c1-14(16-5-3-2-4-6-16)11-12-19-13-15-7-9-17(18)10-8-15/h2-10,14,18H,11-13H2,1H3. The first kappa shape index (κ1) is 14.0. The zero-order valence-electron chi connectivity index (χ0n) is 11.3. The summed E-state index contributed by atoms with van der Waals surface area (Å²) in [4.78, 5) is 0. The van der Waals surface area contributed by atoms with Crippen molar-refractivity contribution in [3.8, 4) is 5.75 Å². The van der Waals surface area contributed by atoms with Crippen LogP contribution in [0.1, 0.15) is 30.4 Å². The number of hydrogen-bond acceptors (Lipinski definition) is 2. The van der Waals surface area contributed by atoms with Crippen molar-refractivity contribution in [2.45, 2.75) is 25.0 Å². The molecule has 0 saturated carbocycles. The van der Waals surface area contributed by atoms with Crippen molar-refractivity contribution in [2.24, 2.45) is 0 Å². The number of phenols is 1. The Kier molecular flexibility index (Phi) is 5.34. The fourth-order valence-corrected chi connectivity index (χ4v) is 3.08. The maximum absolute atomic E-state index is 9.22. The van der Waals surface area contributed by atoms with Gasteiger partial charge in [-0.15, -0.1) is 0 Å². The average Bonchev–Trinajstić information content (AvgIpc) is 2.46. The van der Waals surface area contributed by atoms with Gasteiger partial charge in [-0.1, -0.05) is 49.4 Å². The molecule has 0 fully saturated rings. The Morgan fingerprint density at radius 1 is 1.00 bits per heavy atom. The van der Waals surface area contributed by atoms with Crippen molar-refractivity contribution < 1.29 is 5.11 Å². The van der Waals surface area contributed by atoms with Gasteiger partial charge in [0.1, 0.15) is 5.75 Å². The molecule has 19 heavy (non-hydrogen) atoms. The van der Waals surface area contributed by atoms with Crippen molar-refractivity contribution in [2.75, 3.05) is 5.75 Å². The van der Waals surface area contributed by atoms with Gasteiger partial charge in [-0.3, -0.25) is 0 Å². The molecule has 2 rings (SSSR count). The van der Waals surface area contributed by atoms with Gasteiger partial charge in [-0.25, -0.2) is 0 Å². The normalized spacial score (nSPS) is 12.3. The summed E-state index contributed by atoms with van der Waals surface area (Å²) in [5, 5.41) is 9.22. The minimum atomic E-state index is 0.339. The fraction of sp³-hybridized carbons (Fsp3) is 0.294. The van der Waals surface area contributed by atoms with E-state index in [9.17, 15) is 5.11 Å². The summed E-state index contributed by atoms with van der Waals surface area (Å²) < 4.78 is 0. The zero-order chi connectivity index (χ0) is 13.5. The minimum Gasteiger partial charge on any atom is -0.508 e. The van der Waals surface area contributed by atoms with Crippen LogP contribution in [0.15, 0.2) is 54.6 Å². The van der Waals surface area contributed by atoms with Gasteiger partial charge in [-0.05, 0) is 41.4 Å². The van der Waals surface area contributed by atoms with E-state index in [-0.39, 0.29) is 0 Å². The Morgan fingerprint density at radius 2 is 1.68 bits per heavy atom. The molecule has 1 atom stereocenters. The highest BCUT2D eigenvalue weighted by molar-refractivity contribution is 7.98. The quantitative estimate of drug-likeness (QED) is 0.761. The second kappa shape index (κ2) is 7.25. The lowest BCUT2D eigenvalue weighted by Gasteiger charge is -2.11. The van der Waals surface area contributed by atoms with Gasteiger partial charge in [-0.2, -0.15) is 11.8 Å². The molecule has 0 radical (unpaired) electrons. The zero-order valence-corrected chi connectivity index (χ0v) is 12.1. The second-order valence-corrected chi connectivity index (χ2v) is 5.92. The summed E-state index contributed by atoms with van der Waals surface area (Å²) in [7, 11) is 0. The van der Waals surface area contributed by atoms with Gasteiger partial charge in [0.15, 0.2) is 0 Å². The Morgan fingerprint density at radius 3 is 2.37 bits per heavy atom. The van der Waals surface area contributed by atoms with E-state index in [0.29, 0.717) is 11.7 Å². The smallest absolute Gasteiger partial charge is 0.115 e. The third-order valence-electron chi connectivity index (χ3n) is 3.27. The Balaban J connectivity index is 1.71. The number of thioether (sulfide) groups is 1. The summed E-state index contributed by atoms with van der Waals surface area (Å²) in [5.41, 5.74) is 2.70. The second-order valence-electron chi connectivity index (χ2n) is 4.82. The van der Waals surface area contributed by atoms with E-state index in [1.54, 1.807) is 12.1 Å². The molecular formula is C17H20OS. The first-order chi connectivity index (χ1) is 9.25. The van der Waals surface area contributed by atoms with E-state index in [1.807, 2.05) is 23.9 Å². The van der Waals surface area contributed by atoms with Gasteiger partial charge in [0.25, 0.3) is 0 Å². The molecule has 0 aliphatic heterocycles. The first-order valence-electron chi connectivity index (χ1n) is 6.66. The molecule has 0 aromatic heterocycles. The predicted molar refractivity (Wildman–Crippen MR) is 83.7 cm³/mol.